The van der Waals surface area contributed by atoms with Gasteiger partial charge in [0.05, 0.1) is 6.61 Å². The summed E-state index contributed by atoms with van der Waals surface area (Å²) in [7, 11) is 0. The number of benzene rings is 2. The molecule has 0 radical (unpaired) electrons. The van der Waals surface area contributed by atoms with Crippen LogP contribution < -0.4 is 15.5 Å². The summed E-state index contributed by atoms with van der Waals surface area (Å²) in [5.41, 5.74) is 3.67. The zero-order valence-corrected chi connectivity index (χ0v) is 13.8. The number of hydrogen-bond acceptors (Lipinski definition) is 4. The van der Waals surface area contributed by atoms with Crippen LogP contribution in [0.15, 0.2) is 65.8 Å². The van der Waals surface area contributed by atoms with E-state index in [4.69, 9.17) is 4.74 Å². The van der Waals surface area contributed by atoms with Crippen molar-refractivity contribution in [1.82, 2.24) is 5.43 Å². The Balaban J connectivity index is 1.78. The summed E-state index contributed by atoms with van der Waals surface area (Å²) >= 11 is 0. The van der Waals surface area contributed by atoms with E-state index in [1.165, 1.54) is 6.21 Å². The van der Waals surface area contributed by atoms with Crippen molar-refractivity contribution in [2.45, 2.75) is 6.92 Å². The number of rotatable bonds is 6. The normalized spacial score (nSPS) is 10.8. The van der Waals surface area contributed by atoms with E-state index in [1.807, 2.05) is 43.3 Å². The number of anilines is 1. The Labute approximate surface area is 146 Å². The highest BCUT2D eigenvalue weighted by Crippen LogP contribution is 2.15. The van der Waals surface area contributed by atoms with E-state index in [0.717, 1.165) is 5.56 Å². The van der Waals surface area contributed by atoms with Gasteiger partial charge in [-0.25, -0.2) is 5.43 Å². The van der Waals surface area contributed by atoms with Gasteiger partial charge in [0.25, 0.3) is 0 Å². The Morgan fingerprint density at radius 2 is 1.76 bits per heavy atom. The third kappa shape index (κ3) is 6.31. The summed E-state index contributed by atoms with van der Waals surface area (Å²) in [6.45, 7) is 2.44. The second-order valence-electron chi connectivity index (χ2n) is 4.90. The van der Waals surface area contributed by atoms with Crippen molar-refractivity contribution in [2.24, 2.45) is 5.10 Å². The molecule has 0 aliphatic rings. The van der Waals surface area contributed by atoms with Crippen molar-refractivity contribution in [2.75, 3.05) is 11.9 Å². The van der Waals surface area contributed by atoms with Gasteiger partial charge in [0.2, 0.25) is 0 Å². The molecular formula is C19H19N3O3. The van der Waals surface area contributed by atoms with Crippen LogP contribution in [0, 0.1) is 0 Å². The van der Waals surface area contributed by atoms with Gasteiger partial charge in [-0.15, -0.1) is 0 Å². The lowest BCUT2D eigenvalue weighted by Gasteiger charge is -2.06. The first-order chi connectivity index (χ1) is 12.2. The number of carbonyl (C=O) groups excluding carboxylic acids is 2. The van der Waals surface area contributed by atoms with E-state index < -0.39 is 11.8 Å². The first-order valence-electron chi connectivity index (χ1n) is 7.78. The molecule has 2 N–H and O–H groups in total. The Morgan fingerprint density at radius 3 is 2.44 bits per heavy atom. The molecule has 25 heavy (non-hydrogen) atoms. The zero-order valence-electron chi connectivity index (χ0n) is 13.8. The zero-order chi connectivity index (χ0) is 17.9. The molecule has 2 aromatic carbocycles. The number of nitrogens with zero attached hydrogens (tertiary/aromatic N) is 1. The summed E-state index contributed by atoms with van der Waals surface area (Å²) in [6.07, 6.45) is 4.89. The van der Waals surface area contributed by atoms with Crippen LogP contribution in [0.25, 0.3) is 6.08 Å². The molecule has 0 spiro atoms. The number of allylic oxidation sites excluding steroid dienone is 1. The predicted octanol–water partition coefficient (Wildman–Crippen LogP) is 2.84. The summed E-state index contributed by atoms with van der Waals surface area (Å²) in [4.78, 5) is 23.4. The molecule has 0 saturated carbocycles. The number of amides is 2. The third-order valence-electron chi connectivity index (χ3n) is 3.04. The fourth-order valence-corrected chi connectivity index (χ4v) is 1.90. The number of carbonyl (C=O) groups is 2. The summed E-state index contributed by atoms with van der Waals surface area (Å²) in [5.74, 6) is -0.952. The molecule has 2 amide bonds. The molecule has 0 atom stereocenters. The first kappa shape index (κ1) is 17.9. The molecular weight excluding hydrogens is 318 g/mol. The minimum Gasteiger partial charge on any atom is -0.494 e. The Bertz CT molecular complexity index is 753. The van der Waals surface area contributed by atoms with Crippen molar-refractivity contribution < 1.29 is 14.3 Å². The Kier molecular flexibility index (Phi) is 6.94. The van der Waals surface area contributed by atoms with Crippen LogP contribution >= 0.6 is 0 Å². The minimum atomic E-state index is -0.849. The summed E-state index contributed by atoms with van der Waals surface area (Å²) in [6, 6.07) is 16.4. The highest BCUT2D eigenvalue weighted by atomic mass is 16.5. The van der Waals surface area contributed by atoms with Gasteiger partial charge in [-0.1, -0.05) is 36.4 Å². The number of hydrazone groups is 1. The van der Waals surface area contributed by atoms with Crippen LogP contribution in [-0.4, -0.2) is 24.6 Å². The fourth-order valence-electron chi connectivity index (χ4n) is 1.90. The molecule has 0 fully saturated rings. The molecule has 0 aliphatic carbocycles. The molecule has 0 saturated heterocycles. The molecule has 0 unspecified atom stereocenters. The lowest BCUT2D eigenvalue weighted by Crippen LogP contribution is -2.32. The average Bonchev–Trinajstić information content (AvgIpc) is 2.64. The van der Waals surface area contributed by atoms with E-state index in [0.29, 0.717) is 18.0 Å². The number of hydrogen-bond donors (Lipinski definition) is 2. The lowest BCUT2D eigenvalue weighted by atomic mass is 10.2. The first-order valence-corrected chi connectivity index (χ1v) is 7.78. The van der Waals surface area contributed by atoms with E-state index in [9.17, 15) is 9.59 Å². The summed E-state index contributed by atoms with van der Waals surface area (Å²) in [5, 5.41) is 6.17. The maximum Gasteiger partial charge on any atom is 0.329 e. The summed E-state index contributed by atoms with van der Waals surface area (Å²) < 4.78 is 5.30. The average molecular weight is 337 g/mol. The van der Waals surface area contributed by atoms with Gasteiger partial charge in [-0.05, 0) is 42.8 Å². The van der Waals surface area contributed by atoms with E-state index in [2.05, 4.69) is 15.8 Å². The molecule has 2 rings (SSSR count). The SMILES string of the molecule is CCOc1ccc(NC(=O)C(=O)NN=CC=Cc2ccccc2)cc1. The van der Waals surface area contributed by atoms with Gasteiger partial charge in [-0.2, -0.15) is 5.10 Å². The van der Waals surface area contributed by atoms with Crippen LogP contribution in [-0.2, 0) is 9.59 Å². The van der Waals surface area contributed by atoms with Gasteiger partial charge < -0.3 is 10.1 Å². The standard InChI is InChI=1S/C19H19N3O3/c1-2-25-17-12-10-16(11-13-17)21-18(23)19(24)22-20-14-6-9-15-7-4-3-5-8-15/h3-14H,2H2,1H3,(H,21,23)(H,22,24). The van der Waals surface area contributed by atoms with Gasteiger partial charge >= 0.3 is 11.8 Å². The van der Waals surface area contributed by atoms with Gasteiger partial charge in [0.1, 0.15) is 5.75 Å². The highest BCUT2D eigenvalue weighted by Gasteiger charge is 2.12. The molecule has 2 aromatic rings. The van der Waals surface area contributed by atoms with Crippen LogP contribution in [0.5, 0.6) is 5.75 Å². The van der Waals surface area contributed by atoms with Crippen LogP contribution in [0.2, 0.25) is 0 Å². The molecule has 0 heterocycles. The molecule has 0 aromatic heterocycles. The van der Waals surface area contributed by atoms with Crippen molar-refractivity contribution >= 4 is 29.8 Å². The van der Waals surface area contributed by atoms with Crippen LogP contribution in [0.4, 0.5) is 5.69 Å². The Morgan fingerprint density at radius 1 is 1.04 bits per heavy atom. The van der Waals surface area contributed by atoms with Crippen molar-refractivity contribution in [3.8, 4) is 5.75 Å². The number of ether oxygens (including phenoxy) is 1. The predicted molar refractivity (Wildman–Crippen MR) is 98.4 cm³/mol. The van der Waals surface area contributed by atoms with E-state index in [-0.39, 0.29) is 0 Å². The van der Waals surface area contributed by atoms with Gasteiger partial charge in [0.15, 0.2) is 0 Å². The molecule has 6 nitrogen and oxygen atoms in total. The smallest absolute Gasteiger partial charge is 0.329 e. The topological polar surface area (TPSA) is 79.8 Å². The minimum absolute atomic E-state index is 0.497. The third-order valence-corrected chi connectivity index (χ3v) is 3.04. The quantitative estimate of drug-likeness (QED) is 0.483. The monoisotopic (exact) mass is 337 g/mol. The maximum atomic E-state index is 11.8. The molecule has 6 heteroatoms. The fraction of sp³-hybridized carbons (Fsp3) is 0.105. The Hall–Kier alpha value is -3.41. The van der Waals surface area contributed by atoms with Crippen LogP contribution in [0.3, 0.4) is 0 Å². The molecule has 128 valence electrons. The molecule has 0 aliphatic heterocycles. The second kappa shape index (κ2) is 9.67. The van der Waals surface area contributed by atoms with Crippen molar-refractivity contribution in [3.05, 3.63) is 66.2 Å². The highest BCUT2D eigenvalue weighted by molar-refractivity contribution is 6.39. The van der Waals surface area contributed by atoms with Crippen molar-refractivity contribution in [3.63, 3.8) is 0 Å². The number of nitrogens with one attached hydrogen (secondary N) is 2. The molecule has 0 bridgehead atoms. The maximum absolute atomic E-state index is 11.8. The van der Waals surface area contributed by atoms with Crippen LogP contribution in [0.1, 0.15) is 12.5 Å². The van der Waals surface area contributed by atoms with E-state index in [1.54, 1.807) is 30.3 Å². The van der Waals surface area contributed by atoms with E-state index >= 15 is 0 Å². The second-order valence-corrected chi connectivity index (χ2v) is 4.90. The lowest BCUT2D eigenvalue weighted by molar-refractivity contribution is -0.136. The van der Waals surface area contributed by atoms with Gasteiger partial charge in [0, 0.05) is 11.9 Å². The van der Waals surface area contributed by atoms with Crippen molar-refractivity contribution in [1.29, 1.82) is 0 Å². The largest absolute Gasteiger partial charge is 0.494 e. The van der Waals surface area contributed by atoms with Gasteiger partial charge in [-0.3, -0.25) is 9.59 Å².